The summed E-state index contributed by atoms with van der Waals surface area (Å²) in [7, 11) is 0. The lowest BCUT2D eigenvalue weighted by Crippen LogP contribution is -2.51. The van der Waals surface area contributed by atoms with Crippen LogP contribution in [0.25, 0.3) is 38.6 Å². The highest BCUT2D eigenvalue weighted by Crippen LogP contribution is 2.39. The van der Waals surface area contributed by atoms with Crippen molar-refractivity contribution in [2.24, 2.45) is 17.4 Å². The van der Waals surface area contributed by atoms with Gasteiger partial charge in [0.25, 0.3) is 5.56 Å². The van der Waals surface area contributed by atoms with Crippen LogP contribution in [-0.2, 0) is 27.1 Å². The van der Waals surface area contributed by atoms with Gasteiger partial charge in [-0.3, -0.25) is 23.9 Å². The Morgan fingerprint density at radius 3 is 2.25 bits per heavy atom. The van der Waals surface area contributed by atoms with E-state index in [9.17, 15) is 37.1 Å². The highest BCUT2D eigenvalue weighted by atomic mass is 19.4. The number of aromatic nitrogens is 3. The van der Waals surface area contributed by atoms with Gasteiger partial charge in [-0.05, 0) is 90.6 Å². The van der Waals surface area contributed by atoms with Crippen LogP contribution in [0.15, 0.2) is 102 Å². The largest absolute Gasteiger partial charge is 0.445 e. The number of primary amides is 1. The van der Waals surface area contributed by atoms with Crippen LogP contribution in [0.3, 0.4) is 0 Å². The molecule has 1 aliphatic rings. The molecule has 67 heavy (non-hydrogen) atoms. The molecule has 4 heterocycles. The van der Waals surface area contributed by atoms with Crippen LogP contribution in [-0.4, -0.2) is 88.2 Å². The van der Waals surface area contributed by atoms with Crippen molar-refractivity contribution in [3.05, 3.63) is 119 Å². The standard InChI is InChI=1S/C47H50F3N11O6/c1-27(2)41(52)44(64)58-37(4-3-17-54-45(53)65)43(63)57-32-10-5-28(6-11-32)26-67-46(66)60-20-18-59(19-21-60)38-14-12-33(23-35(38)47(48,49)50)61-40(62)16-9-31-25-55-36-13-7-29(22-34(36)42(31)61)30-8-15-39(51)56-24-30/h5-16,22-25,27,37,41H,3-4,17-21,26,52H2,1-2H3,(H2,51,56)(H,57,63)(H,58,64)(H3,53,54,65)/t37?,41-/m0/s1. The average Bonchev–Trinajstić information content (AvgIpc) is 3.31. The fraction of sp³-hybridized carbons (Fsp3) is 0.298. The number of nitrogens with zero attached hydrogens (tertiary/aromatic N) is 5. The number of anilines is 3. The van der Waals surface area contributed by atoms with E-state index >= 15 is 0 Å². The normalized spacial score (nSPS) is 13.9. The minimum absolute atomic E-state index is 0.0165. The maximum absolute atomic E-state index is 14.9. The number of benzene rings is 3. The van der Waals surface area contributed by atoms with Crippen molar-refractivity contribution in [1.82, 2.24) is 30.1 Å². The second-order valence-corrected chi connectivity index (χ2v) is 16.5. The molecule has 0 saturated carbocycles. The van der Waals surface area contributed by atoms with Crippen molar-refractivity contribution in [2.75, 3.05) is 48.7 Å². The second kappa shape index (κ2) is 20.2. The third kappa shape index (κ3) is 11.2. The molecule has 7 rings (SSSR count). The number of halogens is 3. The quantitative estimate of drug-likeness (QED) is 0.0587. The molecule has 3 aromatic heterocycles. The van der Waals surface area contributed by atoms with Crippen LogP contribution in [0.2, 0.25) is 0 Å². The summed E-state index contributed by atoms with van der Waals surface area (Å²) < 4.78 is 51.6. The molecule has 1 saturated heterocycles. The van der Waals surface area contributed by atoms with E-state index in [4.69, 9.17) is 21.9 Å². The number of nitrogens with one attached hydrogen (secondary N) is 3. The third-order valence-electron chi connectivity index (χ3n) is 11.5. The van der Waals surface area contributed by atoms with Gasteiger partial charge in [-0.25, -0.2) is 14.6 Å². The molecule has 3 aromatic carbocycles. The first-order valence-corrected chi connectivity index (χ1v) is 21.5. The lowest BCUT2D eigenvalue weighted by molar-refractivity contribution is -0.137. The average molecular weight is 922 g/mol. The molecule has 0 radical (unpaired) electrons. The minimum Gasteiger partial charge on any atom is -0.445 e. The van der Waals surface area contributed by atoms with Gasteiger partial charge in [0.2, 0.25) is 11.8 Å². The maximum Gasteiger partial charge on any atom is 0.418 e. The van der Waals surface area contributed by atoms with Gasteiger partial charge in [-0.2, -0.15) is 13.2 Å². The molecule has 1 unspecified atom stereocenters. The Morgan fingerprint density at radius 1 is 0.851 bits per heavy atom. The van der Waals surface area contributed by atoms with Gasteiger partial charge in [0, 0.05) is 78.9 Å². The molecule has 17 nitrogen and oxygen atoms in total. The molecule has 20 heteroatoms. The predicted octanol–water partition coefficient (Wildman–Crippen LogP) is 5.52. The van der Waals surface area contributed by atoms with E-state index in [2.05, 4.69) is 25.9 Å². The topological polar surface area (TPSA) is 246 Å². The number of nitrogen functional groups attached to an aromatic ring is 1. The second-order valence-electron chi connectivity index (χ2n) is 16.5. The fourth-order valence-electron chi connectivity index (χ4n) is 7.73. The molecular weight excluding hydrogens is 872 g/mol. The number of rotatable bonds is 14. The summed E-state index contributed by atoms with van der Waals surface area (Å²) in [5.74, 6) is -0.826. The molecule has 6 aromatic rings. The van der Waals surface area contributed by atoms with Gasteiger partial charge in [-0.15, -0.1) is 0 Å². The lowest BCUT2D eigenvalue weighted by atomic mass is 10.0. The zero-order valence-corrected chi connectivity index (χ0v) is 36.7. The SMILES string of the molecule is CC(C)[C@H](N)C(=O)NC(CCCNC(N)=O)C(=O)Nc1ccc(COC(=O)N2CCN(c3ccc(-n4c(=O)ccc5cnc6ccc(-c7ccc(N)nc7)cc6c54)cc3C(F)(F)F)CC2)cc1. The zero-order valence-electron chi connectivity index (χ0n) is 36.7. The van der Waals surface area contributed by atoms with E-state index in [1.807, 2.05) is 12.1 Å². The van der Waals surface area contributed by atoms with Crippen LogP contribution in [0.1, 0.15) is 37.8 Å². The number of fused-ring (bicyclic) bond motifs is 3. The van der Waals surface area contributed by atoms with Crippen molar-refractivity contribution in [3.8, 4) is 16.8 Å². The Kier molecular flexibility index (Phi) is 14.2. The van der Waals surface area contributed by atoms with Crippen molar-refractivity contribution in [3.63, 3.8) is 0 Å². The fourth-order valence-corrected chi connectivity index (χ4v) is 7.73. The molecule has 0 spiro atoms. The Bertz CT molecular complexity index is 2850. The predicted molar refractivity (Wildman–Crippen MR) is 248 cm³/mol. The number of piperazine rings is 1. The molecule has 0 bridgehead atoms. The van der Waals surface area contributed by atoms with Crippen molar-refractivity contribution in [2.45, 2.75) is 51.6 Å². The van der Waals surface area contributed by atoms with E-state index in [1.165, 1.54) is 27.7 Å². The molecule has 5 amide bonds. The zero-order chi connectivity index (χ0) is 48.0. The summed E-state index contributed by atoms with van der Waals surface area (Å²) in [5, 5.41) is 8.98. The smallest absolute Gasteiger partial charge is 0.418 e. The summed E-state index contributed by atoms with van der Waals surface area (Å²) >= 11 is 0. The summed E-state index contributed by atoms with van der Waals surface area (Å²) in [6.07, 6.45) is -1.72. The Hall–Kier alpha value is -7.74. The van der Waals surface area contributed by atoms with E-state index in [-0.39, 0.29) is 63.0 Å². The van der Waals surface area contributed by atoms with Crippen molar-refractivity contribution >= 4 is 62.9 Å². The van der Waals surface area contributed by atoms with E-state index in [1.54, 1.807) is 79.7 Å². The molecule has 1 aliphatic heterocycles. The van der Waals surface area contributed by atoms with Crippen LogP contribution >= 0.6 is 0 Å². The number of hydrogen-bond donors (Lipinski definition) is 6. The highest BCUT2D eigenvalue weighted by Gasteiger charge is 2.37. The van der Waals surface area contributed by atoms with Gasteiger partial charge < -0.3 is 47.7 Å². The Morgan fingerprint density at radius 2 is 1.58 bits per heavy atom. The molecule has 0 aliphatic carbocycles. The molecule has 1 fully saturated rings. The van der Waals surface area contributed by atoms with Gasteiger partial charge >= 0.3 is 18.3 Å². The molecule has 9 N–H and O–H groups in total. The Labute approximate surface area is 382 Å². The molecular formula is C47H50F3N11O6. The number of alkyl halides is 3. The monoisotopic (exact) mass is 921 g/mol. The van der Waals surface area contributed by atoms with E-state index in [0.717, 1.165) is 17.2 Å². The number of urea groups is 1. The maximum atomic E-state index is 14.9. The minimum atomic E-state index is -4.79. The number of nitrogens with two attached hydrogens (primary N) is 3. The van der Waals surface area contributed by atoms with E-state index < -0.39 is 53.3 Å². The van der Waals surface area contributed by atoms with Gasteiger partial charge in [0.1, 0.15) is 18.5 Å². The molecule has 2 atom stereocenters. The first-order chi connectivity index (χ1) is 32.0. The first kappa shape index (κ1) is 47.2. The summed E-state index contributed by atoms with van der Waals surface area (Å²) in [5.41, 5.74) is 18.8. The number of ether oxygens (including phenoxy) is 1. The van der Waals surface area contributed by atoms with E-state index in [0.29, 0.717) is 45.3 Å². The Balaban J connectivity index is 1.00. The number of amides is 5. The van der Waals surface area contributed by atoms with Crippen LogP contribution in [0, 0.1) is 5.92 Å². The van der Waals surface area contributed by atoms with Gasteiger partial charge in [-0.1, -0.05) is 32.0 Å². The number of hydrogen-bond acceptors (Lipinski definition) is 11. The summed E-state index contributed by atoms with van der Waals surface area (Å²) in [6, 6.07) is 19.6. The summed E-state index contributed by atoms with van der Waals surface area (Å²) in [6.45, 7) is 3.95. The number of carbonyl (C=O) groups excluding carboxylic acids is 4. The number of pyridine rings is 3. The van der Waals surface area contributed by atoms with Crippen molar-refractivity contribution in [1.29, 1.82) is 0 Å². The van der Waals surface area contributed by atoms with Crippen molar-refractivity contribution < 1.29 is 37.1 Å². The highest BCUT2D eigenvalue weighted by molar-refractivity contribution is 6.05. The van der Waals surface area contributed by atoms with Crippen LogP contribution in [0.4, 0.5) is 40.0 Å². The van der Waals surface area contributed by atoms with Crippen LogP contribution < -0.4 is 43.6 Å². The lowest BCUT2D eigenvalue weighted by Gasteiger charge is -2.36. The first-order valence-electron chi connectivity index (χ1n) is 21.5. The third-order valence-corrected chi connectivity index (χ3v) is 11.5. The van der Waals surface area contributed by atoms with Crippen LogP contribution in [0.5, 0.6) is 0 Å². The molecule has 350 valence electrons. The van der Waals surface area contributed by atoms with Gasteiger partial charge in [0.05, 0.1) is 28.3 Å². The summed E-state index contributed by atoms with van der Waals surface area (Å²) in [4.78, 5) is 75.3. The van der Waals surface area contributed by atoms with Gasteiger partial charge in [0.15, 0.2) is 0 Å². The number of carbonyl (C=O) groups is 4.